The molecule has 1 amide bonds. The Balaban J connectivity index is 3.29. The van der Waals surface area contributed by atoms with Crippen LogP contribution in [-0.4, -0.2) is 80.1 Å². The van der Waals surface area contributed by atoms with E-state index in [0.29, 0.717) is 0 Å². The van der Waals surface area contributed by atoms with Gasteiger partial charge >= 0.3 is 17.9 Å². The molecule has 0 aromatic heterocycles. The van der Waals surface area contributed by atoms with E-state index >= 15 is 0 Å². The third-order valence-electron chi connectivity index (χ3n) is 3.85. The van der Waals surface area contributed by atoms with Crippen molar-refractivity contribution in [1.82, 2.24) is 4.90 Å². The van der Waals surface area contributed by atoms with E-state index in [9.17, 15) is 19.2 Å². The normalized spacial score (nSPS) is 28.0. The van der Waals surface area contributed by atoms with Crippen molar-refractivity contribution in [2.45, 2.75) is 58.3 Å². The molecule has 0 aromatic rings. The Labute approximate surface area is 151 Å². The van der Waals surface area contributed by atoms with E-state index in [4.69, 9.17) is 23.7 Å². The summed E-state index contributed by atoms with van der Waals surface area (Å²) in [4.78, 5) is 47.4. The molecule has 0 bridgehead atoms. The summed E-state index contributed by atoms with van der Waals surface area (Å²) < 4.78 is 26.6. The van der Waals surface area contributed by atoms with E-state index in [2.05, 4.69) is 0 Å². The van der Waals surface area contributed by atoms with Crippen molar-refractivity contribution in [3.63, 3.8) is 0 Å². The van der Waals surface area contributed by atoms with Gasteiger partial charge in [0.05, 0.1) is 0 Å². The van der Waals surface area contributed by atoms with Gasteiger partial charge in [-0.15, -0.1) is 0 Å². The third-order valence-corrected chi connectivity index (χ3v) is 3.85. The van der Waals surface area contributed by atoms with Crippen LogP contribution < -0.4 is 0 Å². The first-order valence-corrected chi connectivity index (χ1v) is 7.97. The molecule has 148 valence electrons. The van der Waals surface area contributed by atoms with E-state index in [1.807, 2.05) is 0 Å². The minimum Gasteiger partial charge on any atom is -0.463 e. The predicted octanol–water partition coefficient (Wildman–Crippen LogP) is -0.369. The molecule has 1 heterocycles. The molecule has 0 saturated carbocycles. The van der Waals surface area contributed by atoms with Gasteiger partial charge in [0.2, 0.25) is 5.91 Å². The third kappa shape index (κ3) is 5.67. The highest BCUT2D eigenvalue weighted by Crippen LogP contribution is 2.30. The summed E-state index contributed by atoms with van der Waals surface area (Å²) in [5, 5.41) is 0. The highest BCUT2D eigenvalue weighted by Gasteiger charge is 2.52. The predicted molar refractivity (Wildman–Crippen MR) is 85.6 cm³/mol. The lowest BCUT2D eigenvalue weighted by Gasteiger charge is -2.47. The molecule has 5 atom stereocenters. The molecular weight excluding hydrogens is 350 g/mol. The zero-order valence-electron chi connectivity index (χ0n) is 15.7. The Kier molecular flexibility index (Phi) is 7.97. The van der Waals surface area contributed by atoms with Gasteiger partial charge in [0.15, 0.2) is 18.5 Å². The van der Waals surface area contributed by atoms with Gasteiger partial charge in [0.25, 0.3) is 0 Å². The van der Waals surface area contributed by atoms with Gasteiger partial charge in [0, 0.05) is 41.9 Å². The second-order valence-corrected chi connectivity index (χ2v) is 5.85. The van der Waals surface area contributed by atoms with Crippen LogP contribution in [0.2, 0.25) is 0 Å². The molecule has 1 aliphatic rings. The molecule has 10 nitrogen and oxygen atoms in total. The molecule has 10 heteroatoms. The minimum atomic E-state index is -1.10. The lowest BCUT2D eigenvalue weighted by Crippen LogP contribution is -2.66. The van der Waals surface area contributed by atoms with Crippen molar-refractivity contribution in [2.24, 2.45) is 0 Å². The fraction of sp³-hybridized carbons (Fsp3) is 0.750. The Morgan fingerprint density at radius 2 is 1.46 bits per heavy atom. The molecular formula is C16H25NO9. The highest BCUT2D eigenvalue weighted by atomic mass is 16.7. The van der Waals surface area contributed by atoms with E-state index in [-0.39, 0.29) is 12.5 Å². The summed E-state index contributed by atoms with van der Waals surface area (Å²) in [7, 11) is 2.83. The topological polar surface area (TPSA) is 118 Å². The summed E-state index contributed by atoms with van der Waals surface area (Å²) in [6, 6.07) is -0.876. The maximum absolute atomic E-state index is 11.9. The van der Waals surface area contributed by atoms with Crippen LogP contribution in [0.1, 0.15) is 27.7 Å². The molecule has 1 rings (SSSR count). The summed E-state index contributed by atoms with van der Waals surface area (Å²) in [5.74, 6) is -2.19. The second kappa shape index (κ2) is 9.48. The standard InChI is InChI=1S/C16H25NO9/c1-8(18)17(5)13-15(25-11(4)21)14(24-10(3)20)12(7-23-9(2)19)26-16(13)22-6/h12-16H,7H2,1-6H3/t12-,13-,14+,15-,16-/m1/s1. The van der Waals surface area contributed by atoms with Gasteiger partial charge in [0.1, 0.15) is 18.8 Å². The van der Waals surface area contributed by atoms with Crippen molar-refractivity contribution >= 4 is 23.8 Å². The maximum Gasteiger partial charge on any atom is 0.303 e. The van der Waals surface area contributed by atoms with Crippen LogP contribution in [0, 0.1) is 0 Å². The van der Waals surface area contributed by atoms with Crippen molar-refractivity contribution in [2.75, 3.05) is 20.8 Å². The number of esters is 3. The van der Waals surface area contributed by atoms with Crippen molar-refractivity contribution in [3.8, 4) is 0 Å². The van der Waals surface area contributed by atoms with Gasteiger partial charge in [-0.3, -0.25) is 19.2 Å². The smallest absolute Gasteiger partial charge is 0.303 e. The first-order chi connectivity index (χ1) is 12.1. The SMILES string of the molecule is CO[C@@H]1O[C@H](COC(C)=O)[C@H](OC(C)=O)[C@H](OC(C)=O)[C@H]1N(C)C(C)=O. The summed E-state index contributed by atoms with van der Waals surface area (Å²) in [6.07, 6.45) is -4.13. The number of likely N-dealkylation sites (N-methyl/N-ethyl adjacent to an activating group) is 1. The fourth-order valence-corrected chi connectivity index (χ4v) is 2.70. The molecule has 0 N–H and O–H groups in total. The highest BCUT2D eigenvalue weighted by molar-refractivity contribution is 5.73. The molecule has 1 aliphatic heterocycles. The number of hydrogen-bond acceptors (Lipinski definition) is 9. The van der Waals surface area contributed by atoms with Crippen molar-refractivity contribution in [1.29, 1.82) is 0 Å². The molecule has 0 radical (unpaired) electrons. The average molecular weight is 375 g/mol. The largest absolute Gasteiger partial charge is 0.463 e. The number of nitrogens with zero attached hydrogens (tertiary/aromatic N) is 1. The fourth-order valence-electron chi connectivity index (χ4n) is 2.70. The van der Waals surface area contributed by atoms with Gasteiger partial charge in [-0.05, 0) is 0 Å². The maximum atomic E-state index is 11.9. The van der Waals surface area contributed by atoms with Gasteiger partial charge in [-0.1, -0.05) is 0 Å². The van der Waals surface area contributed by atoms with Crippen LogP contribution in [0.5, 0.6) is 0 Å². The van der Waals surface area contributed by atoms with E-state index < -0.39 is 48.6 Å². The van der Waals surface area contributed by atoms with Gasteiger partial charge in [-0.25, -0.2) is 0 Å². The van der Waals surface area contributed by atoms with Crippen LogP contribution in [0.15, 0.2) is 0 Å². The van der Waals surface area contributed by atoms with Gasteiger partial charge < -0.3 is 28.6 Å². The second-order valence-electron chi connectivity index (χ2n) is 5.85. The van der Waals surface area contributed by atoms with Crippen LogP contribution in [0.25, 0.3) is 0 Å². The number of ether oxygens (including phenoxy) is 5. The molecule has 1 fully saturated rings. The number of methoxy groups -OCH3 is 1. The number of hydrogen-bond donors (Lipinski definition) is 0. The molecule has 1 saturated heterocycles. The lowest BCUT2D eigenvalue weighted by molar-refractivity contribution is -0.283. The number of amides is 1. The zero-order chi connectivity index (χ0) is 20.0. The van der Waals surface area contributed by atoms with Crippen LogP contribution in [0.3, 0.4) is 0 Å². The molecule has 0 unspecified atom stereocenters. The van der Waals surface area contributed by atoms with Crippen LogP contribution in [0.4, 0.5) is 0 Å². The van der Waals surface area contributed by atoms with Crippen molar-refractivity contribution in [3.05, 3.63) is 0 Å². The molecule has 0 aromatic carbocycles. The first kappa shape index (κ1) is 21.8. The molecule has 0 spiro atoms. The monoisotopic (exact) mass is 375 g/mol. The van der Waals surface area contributed by atoms with Crippen LogP contribution >= 0.6 is 0 Å². The van der Waals surface area contributed by atoms with Crippen molar-refractivity contribution < 1.29 is 42.9 Å². The number of carbonyl (C=O) groups excluding carboxylic acids is 4. The van der Waals surface area contributed by atoms with Gasteiger partial charge in [-0.2, -0.15) is 0 Å². The minimum absolute atomic E-state index is 0.249. The molecule has 26 heavy (non-hydrogen) atoms. The summed E-state index contributed by atoms with van der Waals surface area (Å²) in [5.41, 5.74) is 0. The summed E-state index contributed by atoms with van der Waals surface area (Å²) in [6.45, 7) is 4.66. The van der Waals surface area contributed by atoms with Crippen LogP contribution in [-0.2, 0) is 42.9 Å². The first-order valence-electron chi connectivity index (χ1n) is 7.97. The number of rotatable bonds is 6. The van der Waals surface area contributed by atoms with E-state index in [1.165, 1.54) is 46.8 Å². The van der Waals surface area contributed by atoms with E-state index in [0.717, 1.165) is 0 Å². The molecule has 0 aliphatic carbocycles. The Morgan fingerprint density at radius 1 is 0.923 bits per heavy atom. The summed E-state index contributed by atoms with van der Waals surface area (Å²) >= 11 is 0. The average Bonchev–Trinajstić information content (AvgIpc) is 2.52. The lowest BCUT2D eigenvalue weighted by atomic mass is 9.95. The quantitative estimate of drug-likeness (QED) is 0.452. The zero-order valence-corrected chi connectivity index (χ0v) is 15.7. The number of carbonyl (C=O) groups is 4. The Morgan fingerprint density at radius 3 is 1.88 bits per heavy atom. The Hall–Kier alpha value is -2.20. The Bertz CT molecular complexity index is 550. The van der Waals surface area contributed by atoms with E-state index in [1.54, 1.807) is 0 Å².